The number of ether oxygens (including phenoxy) is 1. The zero-order chi connectivity index (χ0) is 13.0. The minimum atomic E-state index is -1.46. The molecular formula is C13H12BFO3. The third-order valence-electron chi connectivity index (χ3n) is 2.50. The van der Waals surface area contributed by atoms with Crippen LogP contribution in [-0.2, 0) is 6.61 Å². The van der Waals surface area contributed by atoms with E-state index in [1.165, 1.54) is 12.1 Å². The molecule has 3 nitrogen and oxygen atoms in total. The Balaban J connectivity index is 1.95. The smallest absolute Gasteiger partial charge is 0.488 e. The molecule has 0 saturated carbocycles. The molecule has 2 aromatic rings. The van der Waals surface area contributed by atoms with Gasteiger partial charge in [0.2, 0.25) is 0 Å². The molecule has 2 aromatic carbocycles. The summed E-state index contributed by atoms with van der Waals surface area (Å²) in [4.78, 5) is 0. The van der Waals surface area contributed by atoms with Gasteiger partial charge in [-0.1, -0.05) is 24.3 Å². The molecule has 0 heterocycles. The van der Waals surface area contributed by atoms with E-state index < -0.39 is 7.12 Å². The van der Waals surface area contributed by atoms with Crippen molar-refractivity contribution in [2.45, 2.75) is 6.61 Å². The maximum Gasteiger partial charge on any atom is 0.488 e. The van der Waals surface area contributed by atoms with Crippen LogP contribution >= 0.6 is 0 Å². The van der Waals surface area contributed by atoms with E-state index >= 15 is 0 Å². The lowest BCUT2D eigenvalue weighted by Gasteiger charge is -2.07. The van der Waals surface area contributed by atoms with E-state index in [0.29, 0.717) is 17.8 Å². The van der Waals surface area contributed by atoms with Gasteiger partial charge in [-0.15, -0.1) is 0 Å². The Labute approximate surface area is 105 Å². The van der Waals surface area contributed by atoms with E-state index in [4.69, 9.17) is 14.8 Å². The second kappa shape index (κ2) is 5.66. The van der Waals surface area contributed by atoms with Gasteiger partial charge >= 0.3 is 7.12 Å². The number of hydrogen-bond donors (Lipinski definition) is 2. The second-order valence-electron chi connectivity index (χ2n) is 3.86. The van der Waals surface area contributed by atoms with Crippen molar-refractivity contribution in [2.75, 3.05) is 0 Å². The summed E-state index contributed by atoms with van der Waals surface area (Å²) >= 11 is 0. The Bertz CT molecular complexity index is 497. The summed E-state index contributed by atoms with van der Waals surface area (Å²) in [5.41, 5.74) is 1.32. The molecule has 0 bridgehead atoms. The quantitative estimate of drug-likeness (QED) is 0.794. The molecule has 0 aliphatic rings. The predicted octanol–water partition coefficient (Wildman–Crippen LogP) is 1.08. The Morgan fingerprint density at radius 1 is 0.944 bits per heavy atom. The highest BCUT2D eigenvalue weighted by Crippen LogP contribution is 2.13. The number of rotatable bonds is 4. The zero-order valence-electron chi connectivity index (χ0n) is 9.58. The van der Waals surface area contributed by atoms with E-state index in [1.54, 1.807) is 36.4 Å². The highest BCUT2D eigenvalue weighted by molar-refractivity contribution is 6.58. The van der Waals surface area contributed by atoms with Crippen LogP contribution in [0.1, 0.15) is 5.56 Å². The molecule has 92 valence electrons. The van der Waals surface area contributed by atoms with Crippen molar-refractivity contribution in [3.05, 3.63) is 59.9 Å². The van der Waals surface area contributed by atoms with Crippen LogP contribution in [0.15, 0.2) is 48.5 Å². The molecule has 0 amide bonds. The van der Waals surface area contributed by atoms with Crippen LogP contribution < -0.4 is 10.2 Å². The van der Waals surface area contributed by atoms with Crippen molar-refractivity contribution in [3.63, 3.8) is 0 Å². The lowest BCUT2D eigenvalue weighted by molar-refractivity contribution is 0.306. The fourth-order valence-electron chi connectivity index (χ4n) is 1.48. The lowest BCUT2D eigenvalue weighted by atomic mass is 9.80. The van der Waals surface area contributed by atoms with E-state index in [2.05, 4.69) is 0 Å². The van der Waals surface area contributed by atoms with Gasteiger partial charge in [0.15, 0.2) is 0 Å². The van der Waals surface area contributed by atoms with Crippen LogP contribution in [-0.4, -0.2) is 17.2 Å². The number of halogens is 1. The summed E-state index contributed by atoms with van der Waals surface area (Å²) in [5.74, 6) is 0.284. The molecule has 0 fully saturated rings. The first kappa shape index (κ1) is 12.6. The average Bonchev–Trinajstić information content (AvgIpc) is 2.38. The van der Waals surface area contributed by atoms with E-state index in [1.807, 2.05) is 0 Å². The Morgan fingerprint density at radius 3 is 2.11 bits per heavy atom. The summed E-state index contributed by atoms with van der Waals surface area (Å²) in [6.07, 6.45) is 0. The standard InChI is InChI=1S/C13H12BFO3/c15-12-5-7-13(8-6-12)18-9-10-1-3-11(4-2-10)14(16)17/h1-8,16-17H,9H2. The van der Waals surface area contributed by atoms with Crippen molar-refractivity contribution in [3.8, 4) is 5.75 Å². The van der Waals surface area contributed by atoms with Crippen molar-refractivity contribution in [2.24, 2.45) is 0 Å². The Morgan fingerprint density at radius 2 is 1.56 bits per heavy atom. The molecular weight excluding hydrogens is 234 g/mol. The SMILES string of the molecule is OB(O)c1ccc(COc2ccc(F)cc2)cc1. The van der Waals surface area contributed by atoms with Gasteiger partial charge in [-0.3, -0.25) is 0 Å². The number of hydrogen-bond acceptors (Lipinski definition) is 3. The first-order chi connectivity index (χ1) is 8.65. The molecule has 0 atom stereocenters. The van der Waals surface area contributed by atoms with Crippen LogP contribution in [0.2, 0.25) is 0 Å². The fourth-order valence-corrected chi connectivity index (χ4v) is 1.48. The highest BCUT2D eigenvalue weighted by atomic mass is 19.1. The summed E-state index contributed by atoms with van der Waals surface area (Å²) in [6, 6.07) is 12.5. The van der Waals surface area contributed by atoms with Gasteiger partial charge < -0.3 is 14.8 Å². The lowest BCUT2D eigenvalue weighted by Crippen LogP contribution is -2.29. The van der Waals surface area contributed by atoms with Crippen LogP contribution in [0.3, 0.4) is 0 Å². The van der Waals surface area contributed by atoms with Gasteiger partial charge in [0, 0.05) is 0 Å². The molecule has 5 heteroatoms. The predicted molar refractivity (Wildman–Crippen MR) is 67.0 cm³/mol. The molecule has 0 aliphatic carbocycles. The Kier molecular flexibility index (Phi) is 3.97. The minimum Gasteiger partial charge on any atom is -0.489 e. The van der Waals surface area contributed by atoms with E-state index in [-0.39, 0.29) is 5.82 Å². The van der Waals surface area contributed by atoms with Crippen LogP contribution in [0, 0.1) is 5.82 Å². The summed E-state index contributed by atoms with van der Waals surface area (Å²) in [6.45, 7) is 0.341. The van der Waals surface area contributed by atoms with Crippen molar-refractivity contribution >= 4 is 12.6 Å². The maximum atomic E-state index is 12.7. The van der Waals surface area contributed by atoms with Crippen molar-refractivity contribution in [1.29, 1.82) is 0 Å². The van der Waals surface area contributed by atoms with E-state index in [0.717, 1.165) is 5.56 Å². The van der Waals surface area contributed by atoms with Gasteiger partial charge in [0.1, 0.15) is 18.2 Å². The van der Waals surface area contributed by atoms with Crippen LogP contribution in [0.25, 0.3) is 0 Å². The molecule has 0 unspecified atom stereocenters. The summed E-state index contributed by atoms with van der Waals surface area (Å²) < 4.78 is 18.1. The average molecular weight is 246 g/mol. The van der Waals surface area contributed by atoms with Crippen molar-refractivity contribution < 1.29 is 19.2 Å². The van der Waals surface area contributed by atoms with Gasteiger partial charge in [-0.2, -0.15) is 0 Å². The monoisotopic (exact) mass is 246 g/mol. The Hall–Kier alpha value is -1.85. The molecule has 0 radical (unpaired) electrons. The fraction of sp³-hybridized carbons (Fsp3) is 0.0769. The highest BCUT2D eigenvalue weighted by Gasteiger charge is 2.09. The zero-order valence-corrected chi connectivity index (χ0v) is 9.58. The van der Waals surface area contributed by atoms with Crippen LogP contribution in [0.5, 0.6) is 5.75 Å². The van der Waals surface area contributed by atoms with E-state index in [9.17, 15) is 4.39 Å². The third kappa shape index (κ3) is 3.32. The first-order valence-electron chi connectivity index (χ1n) is 5.48. The molecule has 18 heavy (non-hydrogen) atoms. The topological polar surface area (TPSA) is 49.7 Å². The first-order valence-corrected chi connectivity index (χ1v) is 5.48. The second-order valence-corrected chi connectivity index (χ2v) is 3.86. The van der Waals surface area contributed by atoms with Crippen LogP contribution in [0.4, 0.5) is 4.39 Å². The summed E-state index contributed by atoms with van der Waals surface area (Å²) in [7, 11) is -1.46. The summed E-state index contributed by atoms with van der Waals surface area (Å²) in [5, 5.41) is 17.9. The largest absolute Gasteiger partial charge is 0.489 e. The molecule has 0 spiro atoms. The molecule has 0 aromatic heterocycles. The van der Waals surface area contributed by atoms with Gasteiger partial charge in [-0.05, 0) is 35.3 Å². The third-order valence-corrected chi connectivity index (χ3v) is 2.50. The molecule has 2 N–H and O–H groups in total. The minimum absolute atomic E-state index is 0.302. The maximum absolute atomic E-state index is 12.7. The van der Waals surface area contributed by atoms with Crippen molar-refractivity contribution in [1.82, 2.24) is 0 Å². The number of benzene rings is 2. The van der Waals surface area contributed by atoms with Gasteiger partial charge in [0.05, 0.1) is 0 Å². The molecule has 0 saturated heterocycles. The van der Waals surface area contributed by atoms with Gasteiger partial charge in [-0.25, -0.2) is 4.39 Å². The molecule has 0 aliphatic heterocycles. The molecule has 2 rings (SSSR count). The normalized spacial score (nSPS) is 10.2. The van der Waals surface area contributed by atoms with Gasteiger partial charge in [0.25, 0.3) is 0 Å².